The Hall–Kier alpha value is -3.53. The van der Waals surface area contributed by atoms with Crippen LogP contribution in [0, 0.1) is 18.7 Å². The zero-order chi connectivity index (χ0) is 29.1. The van der Waals surface area contributed by atoms with E-state index in [1.807, 2.05) is 23.6 Å². The molecule has 2 aliphatic carbocycles. The summed E-state index contributed by atoms with van der Waals surface area (Å²) in [4.78, 5) is 38.3. The molecule has 3 aromatic heterocycles. The lowest BCUT2D eigenvalue weighted by atomic mass is 9.71. The lowest BCUT2D eigenvalue weighted by Gasteiger charge is -2.40. The summed E-state index contributed by atoms with van der Waals surface area (Å²) in [7, 11) is 1.35. The van der Waals surface area contributed by atoms with Crippen molar-refractivity contribution in [1.82, 2.24) is 19.3 Å². The zero-order valence-electron chi connectivity index (χ0n) is 22.8. The first kappa shape index (κ1) is 26.1. The van der Waals surface area contributed by atoms with Gasteiger partial charge in [-0.05, 0) is 55.5 Å². The van der Waals surface area contributed by atoms with Crippen LogP contribution in [-0.4, -0.2) is 50.8 Å². The molecule has 1 saturated carbocycles. The third-order valence-electron chi connectivity index (χ3n) is 9.72. The van der Waals surface area contributed by atoms with E-state index in [9.17, 15) is 9.59 Å². The Balaban J connectivity index is 1.41. The Morgan fingerprint density at radius 2 is 2.05 bits per heavy atom. The van der Waals surface area contributed by atoms with Gasteiger partial charge in [-0.25, -0.2) is 19.2 Å². The van der Waals surface area contributed by atoms with Crippen molar-refractivity contribution in [2.75, 3.05) is 19.0 Å². The number of ether oxygens (including phenoxy) is 1. The number of pyridine rings is 2. The summed E-state index contributed by atoms with van der Waals surface area (Å²) in [6.45, 7) is 2.55. The summed E-state index contributed by atoms with van der Waals surface area (Å²) in [6, 6.07) is 8.70. The van der Waals surface area contributed by atoms with E-state index in [2.05, 4.69) is 15.2 Å². The Bertz CT molecular complexity index is 1860. The highest BCUT2D eigenvalue weighted by Crippen LogP contribution is 2.65. The van der Waals surface area contributed by atoms with Crippen LogP contribution in [0.5, 0.6) is 0 Å². The van der Waals surface area contributed by atoms with Crippen molar-refractivity contribution in [2.45, 2.75) is 49.6 Å². The number of halogens is 3. The van der Waals surface area contributed by atoms with E-state index >= 15 is 4.39 Å². The smallest absolute Gasteiger partial charge is 0.338 e. The average Bonchev–Trinajstić information content (AvgIpc) is 3.40. The van der Waals surface area contributed by atoms with Gasteiger partial charge in [-0.3, -0.25) is 9.69 Å². The summed E-state index contributed by atoms with van der Waals surface area (Å²) in [5.41, 5.74) is 4.11. The fourth-order valence-corrected chi connectivity index (χ4v) is 8.17. The molecule has 0 bridgehead atoms. The number of hydrogen-bond donors (Lipinski definition) is 1. The van der Waals surface area contributed by atoms with Gasteiger partial charge in [0.05, 0.1) is 18.4 Å². The van der Waals surface area contributed by atoms with Crippen molar-refractivity contribution in [3.63, 3.8) is 0 Å². The maximum absolute atomic E-state index is 16.1. The SMILES string of the molecule is COC(=O)c1ccn2c3c(nc2c1C)[C@@H]1[C@H](C3)N(CC2CC2)[C@@]2(C(=O)Nc3cc(Cl)ccc32)[C@H]1c1ccnc(Cl)c1F. The van der Waals surface area contributed by atoms with Gasteiger partial charge in [0.25, 0.3) is 0 Å². The van der Waals surface area contributed by atoms with E-state index in [0.29, 0.717) is 51.9 Å². The lowest BCUT2D eigenvalue weighted by molar-refractivity contribution is -0.128. The minimum Gasteiger partial charge on any atom is -0.465 e. The molecule has 8 rings (SSSR count). The predicted octanol–water partition coefficient (Wildman–Crippen LogP) is 5.64. The summed E-state index contributed by atoms with van der Waals surface area (Å²) < 4.78 is 23.1. The molecule has 214 valence electrons. The predicted molar refractivity (Wildman–Crippen MR) is 155 cm³/mol. The van der Waals surface area contributed by atoms with Crippen molar-refractivity contribution in [3.8, 4) is 0 Å². The number of methoxy groups -OCH3 is 1. The number of nitrogens with one attached hydrogen (secondary N) is 1. The van der Waals surface area contributed by atoms with E-state index in [-0.39, 0.29) is 23.0 Å². The lowest BCUT2D eigenvalue weighted by Crippen LogP contribution is -2.53. The molecule has 1 N–H and O–H groups in total. The van der Waals surface area contributed by atoms with E-state index in [0.717, 1.165) is 29.8 Å². The van der Waals surface area contributed by atoms with E-state index < -0.39 is 23.2 Å². The van der Waals surface area contributed by atoms with Gasteiger partial charge in [-0.2, -0.15) is 0 Å². The minimum absolute atomic E-state index is 0.121. The number of rotatable bonds is 4. The van der Waals surface area contributed by atoms with Crippen LogP contribution in [0.3, 0.4) is 0 Å². The fraction of sp³-hybridized carbons (Fsp3) is 0.355. The number of aromatic nitrogens is 3. The summed E-state index contributed by atoms with van der Waals surface area (Å²) in [5.74, 6) is -1.81. The van der Waals surface area contributed by atoms with Gasteiger partial charge in [-0.1, -0.05) is 29.3 Å². The number of esters is 1. The van der Waals surface area contributed by atoms with E-state index in [4.69, 9.17) is 32.9 Å². The molecule has 1 aromatic carbocycles. The highest BCUT2D eigenvalue weighted by Gasteiger charge is 2.69. The van der Waals surface area contributed by atoms with Gasteiger partial charge in [0.1, 0.15) is 11.2 Å². The first-order valence-corrected chi connectivity index (χ1v) is 14.8. The van der Waals surface area contributed by atoms with Gasteiger partial charge in [0.15, 0.2) is 11.0 Å². The number of carbonyl (C=O) groups excluding carboxylic acids is 2. The van der Waals surface area contributed by atoms with Crippen molar-refractivity contribution in [2.24, 2.45) is 5.92 Å². The van der Waals surface area contributed by atoms with E-state index in [1.165, 1.54) is 13.3 Å². The van der Waals surface area contributed by atoms with Crippen molar-refractivity contribution in [1.29, 1.82) is 0 Å². The molecule has 2 fully saturated rings. The molecule has 0 radical (unpaired) electrons. The van der Waals surface area contributed by atoms with Crippen LogP contribution in [0.2, 0.25) is 10.2 Å². The number of imidazole rings is 1. The van der Waals surface area contributed by atoms with Gasteiger partial charge in [0.2, 0.25) is 5.91 Å². The fourth-order valence-electron chi connectivity index (χ4n) is 7.83. The number of fused-ring (bicyclic) bond motifs is 7. The molecule has 2 aliphatic heterocycles. The molecule has 42 heavy (non-hydrogen) atoms. The number of amides is 1. The van der Waals surface area contributed by atoms with Crippen molar-refractivity contribution < 1.29 is 18.7 Å². The van der Waals surface area contributed by atoms with Crippen molar-refractivity contribution in [3.05, 3.63) is 92.4 Å². The second-order valence-corrected chi connectivity index (χ2v) is 12.6. The average molecular weight is 606 g/mol. The molecular weight excluding hydrogens is 580 g/mol. The quantitative estimate of drug-likeness (QED) is 0.239. The third kappa shape index (κ3) is 3.33. The van der Waals surface area contributed by atoms with Crippen LogP contribution >= 0.6 is 23.2 Å². The van der Waals surface area contributed by atoms with Gasteiger partial charge in [0, 0.05) is 70.8 Å². The number of carbonyl (C=O) groups is 2. The zero-order valence-corrected chi connectivity index (χ0v) is 24.3. The summed E-state index contributed by atoms with van der Waals surface area (Å²) in [6.07, 6.45) is 6.13. The molecule has 8 nitrogen and oxygen atoms in total. The van der Waals surface area contributed by atoms with Gasteiger partial charge >= 0.3 is 5.97 Å². The molecular formula is C31H26Cl2FN5O3. The number of anilines is 1. The standard InChI is InChI=1S/C31H26Cl2FN5O3/c1-14-17(29(40)42-2)8-10-38-22-12-21-23(26(22)37-28(14)38)24(18-7-9-35-27(33)25(18)34)31(39(21)13-15-3-4-15)19-6-5-16(32)11-20(19)36-30(31)41/h5-11,15,21,23-24H,3-4,12-13H2,1-2H3,(H,36,41)/t21-,23+,24-,31+/m0/s1. The van der Waals surface area contributed by atoms with Crippen LogP contribution in [0.15, 0.2) is 42.7 Å². The van der Waals surface area contributed by atoms with Crippen LogP contribution in [0.4, 0.5) is 10.1 Å². The molecule has 11 heteroatoms. The molecule has 1 saturated heterocycles. The number of aryl methyl sites for hydroxylation is 1. The number of nitrogens with zero attached hydrogens (tertiary/aromatic N) is 4. The highest BCUT2D eigenvalue weighted by atomic mass is 35.5. The van der Waals surface area contributed by atoms with Crippen LogP contribution < -0.4 is 5.32 Å². The summed E-state index contributed by atoms with van der Waals surface area (Å²) in [5, 5.41) is 3.36. The maximum Gasteiger partial charge on any atom is 0.338 e. The largest absolute Gasteiger partial charge is 0.465 e. The number of hydrogen-bond acceptors (Lipinski definition) is 6. The molecule has 4 aliphatic rings. The van der Waals surface area contributed by atoms with E-state index in [1.54, 1.807) is 24.3 Å². The Morgan fingerprint density at radius 3 is 2.81 bits per heavy atom. The number of benzene rings is 1. The van der Waals surface area contributed by atoms with Crippen LogP contribution in [0.1, 0.15) is 63.1 Å². The molecule has 5 heterocycles. The minimum atomic E-state index is -1.21. The Kier molecular flexibility index (Phi) is 5.59. The van der Waals surface area contributed by atoms with Gasteiger partial charge in [-0.15, -0.1) is 0 Å². The summed E-state index contributed by atoms with van der Waals surface area (Å²) >= 11 is 12.7. The molecule has 4 atom stereocenters. The topological polar surface area (TPSA) is 88.8 Å². The van der Waals surface area contributed by atoms with Crippen LogP contribution in [0.25, 0.3) is 5.65 Å². The first-order chi connectivity index (χ1) is 20.2. The molecule has 4 aromatic rings. The molecule has 1 spiro atoms. The normalized spacial score (nSPS) is 26.0. The Morgan fingerprint density at radius 1 is 1.24 bits per heavy atom. The highest BCUT2D eigenvalue weighted by molar-refractivity contribution is 6.31. The Labute approximate surface area is 250 Å². The maximum atomic E-state index is 16.1. The monoisotopic (exact) mass is 605 g/mol. The third-order valence-corrected chi connectivity index (χ3v) is 10.2. The van der Waals surface area contributed by atoms with Gasteiger partial charge < -0.3 is 14.5 Å². The number of likely N-dealkylation sites (tertiary alicyclic amines) is 1. The molecule has 0 unspecified atom stereocenters. The molecule has 1 amide bonds. The van der Waals surface area contributed by atoms with Crippen LogP contribution in [-0.2, 0) is 21.5 Å². The second kappa shape index (κ2) is 8.99. The second-order valence-electron chi connectivity index (χ2n) is 11.8. The van der Waals surface area contributed by atoms with Crippen molar-refractivity contribution >= 4 is 46.4 Å². The first-order valence-electron chi connectivity index (χ1n) is 14.0.